The molecule has 0 spiro atoms. The van der Waals surface area contributed by atoms with Crippen LogP contribution in [-0.2, 0) is 30.6 Å². The largest absolute Gasteiger partial charge is 0.383 e. The number of primary amides is 1. The number of carbonyl (C=O) groups excluding carboxylic acids is 1. The Labute approximate surface area is 158 Å². The molecule has 0 fully saturated rings. The van der Waals surface area contributed by atoms with Crippen molar-refractivity contribution in [2.75, 3.05) is 13.1 Å². The van der Waals surface area contributed by atoms with Crippen LogP contribution in [0.15, 0.2) is 48.7 Å². The van der Waals surface area contributed by atoms with E-state index in [1.54, 1.807) is 0 Å². The number of nitrogens with zero attached hydrogens (tertiary/aromatic N) is 1. The number of aromatic nitrogens is 1. The molecule has 0 bridgehead atoms. The lowest BCUT2D eigenvalue weighted by Crippen LogP contribution is -2.33. The highest BCUT2D eigenvalue weighted by Crippen LogP contribution is 2.23. The molecule has 140 valence electrons. The second kappa shape index (κ2) is 7.55. The Bertz CT molecular complexity index is 963. The molecule has 0 saturated carbocycles. The van der Waals surface area contributed by atoms with E-state index >= 15 is 0 Å². The third kappa shape index (κ3) is 3.89. The summed E-state index contributed by atoms with van der Waals surface area (Å²) in [5.74, 6) is -0.673. The van der Waals surface area contributed by atoms with Crippen LogP contribution in [-0.4, -0.2) is 40.1 Å². The summed E-state index contributed by atoms with van der Waals surface area (Å²) in [6.07, 6.45) is 3.31. The average molecular weight is 363 g/mol. The normalized spacial score (nSPS) is 15.6. The molecule has 0 aliphatic carbocycles. The SMILES string of the molecule is NC(=O)C(O)Cc1ccc2c(c1)CN(CCc1c[nH]c3ccccc13)CC2. The Kier molecular flexibility index (Phi) is 4.97. The molecule has 1 amide bonds. The number of aliphatic hydroxyl groups excluding tert-OH is 1. The van der Waals surface area contributed by atoms with E-state index in [1.807, 2.05) is 6.07 Å². The van der Waals surface area contributed by atoms with Crippen molar-refractivity contribution in [3.8, 4) is 0 Å². The lowest BCUT2D eigenvalue weighted by atomic mass is 9.95. The molecular formula is C22H25N3O2. The summed E-state index contributed by atoms with van der Waals surface area (Å²) >= 11 is 0. The maximum absolute atomic E-state index is 11.1. The molecule has 2 aromatic carbocycles. The van der Waals surface area contributed by atoms with Gasteiger partial charge in [-0.1, -0.05) is 36.4 Å². The van der Waals surface area contributed by atoms with E-state index in [0.717, 1.165) is 38.0 Å². The van der Waals surface area contributed by atoms with Gasteiger partial charge in [-0.15, -0.1) is 0 Å². The first kappa shape index (κ1) is 17.8. The van der Waals surface area contributed by atoms with E-state index in [9.17, 15) is 9.90 Å². The third-order valence-electron chi connectivity index (χ3n) is 5.49. The van der Waals surface area contributed by atoms with Gasteiger partial charge in [0.25, 0.3) is 0 Å². The molecule has 1 aliphatic heterocycles. The van der Waals surface area contributed by atoms with Gasteiger partial charge in [-0.3, -0.25) is 9.69 Å². The molecule has 27 heavy (non-hydrogen) atoms. The highest BCUT2D eigenvalue weighted by molar-refractivity contribution is 5.83. The smallest absolute Gasteiger partial charge is 0.246 e. The summed E-state index contributed by atoms with van der Waals surface area (Å²) in [6, 6.07) is 14.6. The average Bonchev–Trinajstić information content (AvgIpc) is 3.09. The van der Waals surface area contributed by atoms with Crippen molar-refractivity contribution in [2.45, 2.75) is 31.9 Å². The van der Waals surface area contributed by atoms with Crippen LogP contribution in [0.5, 0.6) is 0 Å². The molecule has 1 atom stereocenters. The molecule has 4 N–H and O–H groups in total. The number of hydrogen-bond donors (Lipinski definition) is 3. The molecule has 3 aromatic rings. The molecule has 2 heterocycles. The monoisotopic (exact) mass is 363 g/mol. The van der Waals surface area contributed by atoms with E-state index in [4.69, 9.17) is 5.73 Å². The van der Waals surface area contributed by atoms with Crippen LogP contribution < -0.4 is 5.73 Å². The summed E-state index contributed by atoms with van der Waals surface area (Å²) in [7, 11) is 0. The number of H-pyrrole nitrogens is 1. The quantitative estimate of drug-likeness (QED) is 0.628. The fourth-order valence-electron chi connectivity index (χ4n) is 3.93. The number of amides is 1. The number of aromatic amines is 1. The van der Waals surface area contributed by atoms with Gasteiger partial charge in [0, 0.05) is 43.2 Å². The number of para-hydroxylation sites is 1. The number of aliphatic hydroxyl groups is 1. The van der Waals surface area contributed by atoms with E-state index in [0.29, 0.717) is 0 Å². The third-order valence-corrected chi connectivity index (χ3v) is 5.49. The van der Waals surface area contributed by atoms with E-state index in [-0.39, 0.29) is 6.42 Å². The molecule has 4 rings (SSSR count). The zero-order valence-corrected chi connectivity index (χ0v) is 15.3. The van der Waals surface area contributed by atoms with E-state index in [1.165, 1.54) is 27.6 Å². The summed E-state index contributed by atoms with van der Waals surface area (Å²) in [5, 5.41) is 11.0. The standard InChI is InChI=1S/C22H25N3O2/c23-22(27)21(26)12-15-5-6-16-7-9-25(14-18(16)11-15)10-8-17-13-24-20-4-2-1-3-19(17)20/h1-6,11,13,21,24,26H,7-10,12,14H2,(H2,23,27). The summed E-state index contributed by atoms with van der Waals surface area (Å²) in [4.78, 5) is 16.9. The Morgan fingerprint density at radius 1 is 1.22 bits per heavy atom. The van der Waals surface area contributed by atoms with Gasteiger partial charge in [-0.05, 0) is 41.2 Å². The van der Waals surface area contributed by atoms with Crippen LogP contribution in [0.2, 0.25) is 0 Å². The fraction of sp³-hybridized carbons (Fsp3) is 0.318. The first-order valence-electron chi connectivity index (χ1n) is 9.45. The number of benzene rings is 2. The van der Waals surface area contributed by atoms with Crippen LogP contribution in [0.4, 0.5) is 0 Å². The van der Waals surface area contributed by atoms with Crippen molar-refractivity contribution < 1.29 is 9.90 Å². The first-order chi connectivity index (χ1) is 13.1. The minimum atomic E-state index is -1.12. The number of fused-ring (bicyclic) bond motifs is 2. The van der Waals surface area contributed by atoms with Gasteiger partial charge in [0.1, 0.15) is 6.10 Å². The number of nitrogens with one attached hydrogen (secondary N) is 1. The van der Waals surface area contributed by atoms with Crippen LogP contribution in [0, 0.1) is 0 Å². The van der Waals surface area contributed by atoms with Gasteiger partial charge in [0.05, 0.1) is 0 Å². The Morgan fingerprint density at radius 2 is 2.07 bits per heavy atom. The number of carbonyl (C=O) groups is 1. The fourth-order valence-corrected chi connectivity index (χ4v) is 3.93. The minimum absolute atomic E-state index is 0.276. The molecule has 0 radical (unpaired) electrons. The summed E-state index contributed by atoms with van der Waals surface area (Å²) in [6.45, 7) is 2.96. The number of rotatable bonds is 6. The van der Waals surface area contributed by atoms with Crippen molar-refractivity contribution in [1.29, 1.82) is 0 Å². The van der Waals surface area contributed by atoms with E-state index in [2.05, 4.69) is 52.5 Å². The van der Waals surface area contributed by atoms with Gasteiger partial charge < -0.3 is 15.8 Å². The van der Waals surface area contributed by atoms with Crippen molar-refractivity contribution >= 4 is 16.8 Å². The lowest BCUT2D eigenvalue weighted by molar-refractivity contribution is -0.125. The first-order valence-corrected chi connectivity index (χ1v) is 9.45. The van der Waals surface area contributed by atoms with Crippen LogP contribution in [0.1, 0.15) is 22.3 Å². The minimum Gasteiger partial charge on any atom is -0.383 e. The van der Waals surface area contributed by atoms with Crippen LogP contribution >= 0.6 is 0 Å². The lowest BCUT2D eigenvalue weighted by Gasteiger charge is -2.29. The highest BCUT2D eigenvalue weighted by Gasteiger charge is 2.18. The Balaban J connectivity index is 1.42. The van der Waals surface area contributed by atoms with Crippen molar-refractivity contribution in [2.24, 2.45) is 5.73 Å². The maximum atomic E-state index is 11.1. The highest BCUT2D eigenvalue weighted by atomic mass is 16.3. The topological polar surface area (TPSA) is 82.3 Å². The second-order valence-corrected chi connectivity index (χ2v) is 7.36. The van der Waals surface area contributed by atoms with Gasteiger partial charge in [0.15, 0.2) is 0 Å². The molecule has 5 heteroatoms. The number of nitrogens with two attached hydrogens (primary N) is 1. The Morgan fingerprint density at radius 3 is 2.93 bits per heavy atom. The summed E-state index contributed by atoms with van der Waals surface area (Å²) < 4.78 is 0. The van der Waals surface area contributed by atoms with Gasteiger partial charge >= 0.3 is 0 Å². The van der Waals surface area contributed by atoms with Gasteiger partial charge in [-0.2, -0.15) is 0 Å². The predicted molar refractivity (Wildman–Crippen MR) is 106 cm³/mol. The van der Waals surface area contributed by atoms with Crippen molar-refractivity contribution in [3.05, 3.63) is 70.9 Å². The molecule has 1 aromatic heterocycles. The van der Waals surface area contributed by atoms with Crippen molar-refractivity contribution in [1.82, 2.24) is 9.88 Å². The zero-order valence-electron chi connectivity index (χ0n) is 15.3. The zero-order chi connectivity index (χ0) is 18.8. The molecule has 5 nitrogen and oxygen atoms in total. The van der Waals surface area contributed by atoms with Crippen LogP contribution in [0.25, 0.3) is 10.9 Å². The molecular weight excluding hydrogens is 338 g/mol. The summed E-state index contributed by atoms with van der Waals surface area (Å²) in [5.41, 5.74) is 11.3. The molecule has 1 aliphatic rings. The number of hydrogen-bond acceptors (Lipinski definition) is 3. The molecule has 1 unspecified atom stereocenters. The predicted octanol–water partition coefficient (Wildman–Crippen LogP) is 2.16. The van der Waals surface area contributed by atoms with Crippen molar-refractivity contribution in [3.63, 3.8) is 0 Å². The van der Waals surface area contributed by atoms with Gasteiger partial charge in [-0.25, -0.2) is 0 Å². The molecule has 0 saturated heterocycles. The Hall–Kier alpha value is -2.63. The van der Waals surface area contributed by atoms with Gasteiger partial charge in [0.2, 0.25) is 5.91 Å². The second-order valence-electron chi connectivity index (χ2n) is 7.36. The van der Waals surface area contributed by atoms with E-state index < -0.39 is 12.0 Å². The van der Waals surface area contributed by atoms with Crippen LogP contribution in [0.3, 0.4) is 0 Å². The maximum Gasteiger partial charge on any atom is 0.246 e.